The van der Waals surface area contributed by atoms with Gasteiger partial charge in [0.2, 0.25) is 0 Å². The third-order valence-corrected chi connectivity index (χ3v) is 4.52. The Kier molecular flexibility index (Phi) is 6.72. The van der Waals surface area contributed by atoms with Crippen molar-refractivity contribution in [1.82, 2.24) is 10.2 Å². The van der Waals surface area contributed by atoms with Gasteiger partial charge < -0.3 is 5.32 Å². The molecule has 2 rings (SSSR count). The molecule has 1 aromatic carbocycles. The summed E-state index contributed by atoms with van der Waals surface area (Å²) >= 11 is 0. The van der Waals surface area contributed by atoms with Crippen LogP contribution in [0.3, 0.4) is 0 Å². The van der Waals surface area contributed by atoms with Gasteiger partial charge >= 0.3 is 0 Å². The Balaban J connectivity index is 1.90. The van der Waals surface area contributed by atoms with Gasteiger partial charge in [0.05, 0.1) is 0 Å². The van der Waals surface area contributed by atoms with E-state index in [-0.39, 0.29) is 0 Å². The molecular formula is C19H32N2. The minimum absolute atomic E-state index is 0.675. The molecule has 0 radical (unpaired) electrons. The second-order valence-corrected chi connectivity index (χ2v) is 6.91. The average Bonchev–Trinajstić information content (AvgIpc) is 2.48. The third-order valence-electron chi connectivity index (χ3n) is 4.52. The van der Waals surface area contributed by atoms with Crippen LogP contribution in [0.2, 0.25) is 0 Å². The van der Waals surface area contributed by atoms with Gasteiger partial charge in [-0.2, -0.15) is 0 Å². The number of hydrogen-bond donors (Lipinski definition) is 1. The Morgan fingerprint density at radius 3 is 2.67 bits per heavy atom. The predicted octanol–water partition coefficient (Wildman–Crippen LogP) is 3.72. The summed E-state index contributed by atoms with van der Waals surface area (Å²) in [5.41, 5.74) is 1.46. The van der Waals surface area contributed by atoms with Crippen molar-refractivity contribution in [3.05, 3.63) is 35.9 Å². The highest BCUT2D eigenvalue weighted by molar-refractivity contribution is 5.15. The molecule has 118 valence electrons. The molecule has 0 aromatic heterocycles. The highest BCUT2D eigenvalue weighted by Crippen LogP contribution is 2.17. The SMILES string of the molecule is CCCC1CNC(CC(C)C)CN1CCc1ccccc1. The minimum Gasteiger partial charge on any atom is -0.311 e. The lowest BCUT2D eigenvalue weighted by atomic mass is 9.97. The number of rotatable bonds is 7. The predicted molar refractivity (Wildman–Crippen MR) is 91.7 cm³/mol. The van der Waals surface area contributed by atoms with E-state index in [1.807, 2.05) is 0 Å². The number of nitrogens with zero attached hydrogens (tertiary/aromatic N) is 1. The topological polar surface area (TPSA) is 15.3 Å². The highest BCUT2D eigenvalue weighted by atomic mass is 15.2. The van der Waals surface area contributed by atoms with Crippen LogP contribution in [-0.2, 0) is 6.42 Å². The molecule has 21 heavy (non-hydrogen) atoms. The van der Waals surface area contributed by atoms with E-state index >= 15 is 0 Å². The van der Waals surface area contributed by atoms with Crippen LogP contribution < -0.4 is 5.32 Å². The summed E-state index contributed by atoms with van der Waals surface area (Å²) in [6.45, 7) is 10.5. The van der Waals surface area contributed by atoms with Gasteiger partial charge in [-0.3, -0.25) is 4.90 Å². The molecule has 1 aliphatic heterocycles. The van der Waals surface area contributed by atoms with E-state index < -0.39 is 0 Å². The second kappa shape index (κ2) is 8.55. The van der Waals surface area contributed by atoms with Crippen LogP contribution in [0.4, 0.5) is 0 Å². The molecular weight excluding hydrogens is 256 g/mol. The third kappa shape index (κ3) is 5.44. The van der Waals surface area contributed by atoms with Crippen molar-refractivity contribution in [1.29, 1.82) is 0 Å². The molecule has 0 spiro atoms. The summed E-state index contributed by atoms with van der Waals surface area (Å²) in [6.07, 6.45) is 5.06. The molecule has 2 nitrogen and oxygen atoms in total. The van der Waals surface area contributed by atoms with E-state index in [0.717, 1.165) is 12.0 Å². The molecule has 1 fully saturated rings. The lowest BCUT2D eigenvalue weighted by molar-refractivity contribution is 0.116. The van der Waals surface area contributed by atoms with Crippen molar-refractivity contribution in [2.24, 2.45) is 5.92 Å². The first-order valence-electron chi connectivity index (χ1n) is 8.70. The zero-order valence-corrected chi connectivity index (χ0v) is 14.0. The molecule has 1 aliphatic rings. The Morgan fingerprint density at radius 1 is 1.24 bits per heavy atom. The summed E-state index contributed by atoms with van der Waals surface area (Å²) in [4.78, 5) is 2.74. The maximum Gasteiger partial charge on any atom is 0.0221 e. The largest absolute Gasteiger partial charge is 0.311 e. The number of nitrogens with one attached hydrogen (secondary N) is 1. The monoisotopic (exact) mass is 288 g/mol. The summed E-state index contributed by atoms with van der Waals surface area (Å²) in [5.74, 6) is 0.779. The molecule has 2 atom stereocenters. The van der Waals surface area contributed by atoms with Crippen LogP contribution in [0, 0.1) is 5.92 Å². The molecule has 0 saturated carbocycles. The van der Waals surface area contributed by atoms with E-state index in [0.29, 0.717) is 6.04 Å². The molecule has 2 unspecified atom stereocenters. The van der Waals surface area contributed by atoms with Crippen molar-refractivity contribution >= 4 is 0 Å². The summed E-state index contributed by atoms with van der Waals surface area (Å²) in [7, 11) is 0. The van der Waals surface area contributed by atoms with Crippen LogP contribution in [0.1, 0.15) is 45.6 Å². The van der Waals surface area contributed by atoms with E-state index in [4.69, 9.17) is 0 Å². The van der Waals surface area contributed by atoms with Crippen LogP contribution in [0.25, 0.3) is 0 Å². The van der Waals surface area contributed by atoms with Gasteiger partial charge in [0.15, 0.2) is 0 Å². The molecule has 1 heterocycles. The van der Waals surface area contributed by atoms with E-state index in [1.165, 1.54) is 50.9 Å². The average molecular weight is 288 g/mol. The van der Waals surface area contributed by atoms with Gasteiger partial charge in [0.1, 0.15) is 0 Å². The van der Waals surface area contributed by atoms with Crippen LogP contribution in [0.5, 0.6) is 0 Å². The van der Waals surface area contributed by atoms with Gasteiger partial charge in [-0.05, 0) is 30.7 Å². The fourth-order valence-electron chi connectivity index (χ4n) is 3.46. The van der Waals surface area contributed by atoms with Crippen LogP contribution in [-0.4, -0.2) is 36.6 Å². The smallest absolute Gasteiger partial charge is 0.0221 e. The summed E-state index contributed by atoms with van der Waals surface area (Å²) < 4.78 is 0. The maximum atomic E-state index is 3.77. The molecule has 1 aromatic rings. The van der Waals surface area contributed by atoms with Gasteiger partial charge in [-0.25, -0.2) is 0 Å². The quantitative estimate of drug-likeness (QED) is 0.822. The van der Waals surface area contributed by atoms with Crippen molar-refractivity contribution in [3.63, 3.8) is 0 Å². The van der Waals surface area contributed by atoms with Crippen molar-refractivity contribution in [2.75, 3.05) is 19.6 Å². The van der Waals surface area contributed by atoms with Gasteiger partial charge in [-0.15, -0.1) is 0 Å². The zero-order valence-electron chi connectivity index (χ0n) is 14.0. The first-order chi connectivity index (χ1) is 10.2. The van der Waals surface area contributed by atoms with Crippen molar-refractivity contribution in [2.45, 2.75) is 58.5 Å². The van der Waals surface area contributed by atoms with Crippen molar-refractivity contribution < 1.29 is 0 Å². The first kappa shape index (κ1) is 16.5. The number of benzene rings is 1. The van der Waals surface area contributed by atoms with Crippen LogP contribution in [0.15, 0.2) is 30.3 Å². The first-order valence-corrected chi connectivity index (χ1v) is 8.70. The van der Waals surface area contributed by atoms with Gasteiger partial charge in [-0.1, -0.05) is 57.5 Å². The summed E-state index contributed by atoms with van der Waals surface area (Å²) in [5, 5.41) is 3.77. The van der Waals surface area contributed by atoms with Gasteiger partial charge in [0.25, 0.3) is 0 Å². The van der Waals surface area contributed by atoms with Gasteiger partial charge in [0, 0.05) is 31.7 Å². The highest BCUT2D eigenvalue weighted by Gasteiger charge is 2.27. The molecule has 1 saturated heterocycles. The maximum absolute atomic E-state index is 3.77. The van der Waals surface area contributed by atoms with Crippen LogP contribution >= 0.6 is 0 Å². The number of piperazine rings is 1. The minimum atomic E-state index is 0.675. The Morgan fingerprint density at radius 2 is 2.00 bits per heavy atom. The molecule has 1 N–H and O–H groups in total. The van der Waals surface area contributed by atoms with E-state index in [9.17, 15) is 0 Å². The summed E-state index contributed by atoms with van der Waals surface area (Å²) in [6, 6.07) is 12.3. The Labute approximate surface area is 130 Å². The zero-order chi connectivity index (χ0) is 15.1. The van der Waals surface area contributed by atoms with E-state index in [2.05, 4.69) is 61.3 Å². The fraction of sp³-hybridized carbons (Fsp3) is 0.684. The van der Waals surface area contributed by atoms with E-state index in [1.54, 1.807) is 0 Å². The molecule has 0 amide bonds. The Hall–Kier alpha value is -0.860. The lowest BCUT2D eigenvalue weighted by Crippen LogP contribution is -2.57. The number of hydrogen-bond acceptors (Lipinski definition) is 2. The fourth-order valence-corrected chi connectivity index (χ4v) is 3.46. The van der Waals surface area contributed by atoms with Crippen molar-refractivity contribution in [3.8, 4) is 0 Å². The molecule has 2 heteroatoms. The Bertz CT molecular complexity index is 388. The molecule has 0 aliphatic carbocycles. The molecule has 0 bridgehead atoms. The second-order valence-electron chi connectivity index (χ2n) is 6.91. The standard InChI is InChI=1S/C19H32N2/c1-4-8-19-14-20-18(13-16(2)3)15-21(19)12-11-17-9-6-5-7-10-17/h5-7,9-10,16,18-20H,4,8,11-15H2,1-3H3. The lowest BCUT2D eigenvalue weighted by Gasteiger charge is -2.41. The normalized spacial score (nSPS) is 23.6.